The van der Waals surface area contributed by atoms with Gasteiger partial charge in [-0.25, -0.2) is 0 Å². The van der Waals surface area contributed by atoms with Gasteiger partial charge in [0, 0.05) is 29.6 Å². The summed E-state index contributed by atoms with van der Waals surface area (Å²) in [7, 11) is 0. The minimum absolute atomic E-state index is 0.0158. The number of hydrogen-bond donors (Lipinski definition) is 1. The Labute approximate surface area is 219 Å². The van der Waals surface area contributed by atoms with E-state index in [4.69, 9.17) is 14.2 Å². The molecule has 7 heteroatoms. The molecule has 0 aromatic carbocycles. The van der Waals surface area contributed by atoms with E-state index in [0.29, 0.717) is 12.8 Å². The number of aliphatic hydroxyl groups excluding tert-OH is 1. The van der Waals surface area contributed by atoms with Gasteiger partial charge >= 0.3 is 5.97 Å². The van der Waals surface area contributed by atoms with E-state index in [2.05, 4.69) is 13.8 Å². The van der Waals surface area contributed by atoms with E-state index in [1.807, 2.05) is 6.08 Å². The van der Waals surface area contributed by atoms with Crippen molar-refractivity contribution in [3.05, 3.63) is 23.8 Å². The number of ether oxygens (including phenoxy) is 3. The first kappa shape index (κ1) is 25.4. The number of Topliss-reactive ketones (excluding diaryl/α,β-unsaturated/α-hetero) is 1. The van der Waals surface area contributed by atoms with Crippen LogP contribution in [0.1, 0.15) is 78.6 Å². The SMILES string of the molecule is CC(=O)OCC(=O)[C@@]12OC(C3CCCCC3)OC1C[C@H]1[C@@H]3CCC4=CC(=O)C=C[C@]4(C)[C@H]3C(O)C[C@@]12C. The van der Waals surface area contributed by atoms with E-state index in [1.165, 1.54) is 13.3 Å². The summed E-state index contributed by atoms with van der Waals surface area (Å²) in [6, 6.07) is 0. The molecular weight excluding hydrogens is 472 g/mol. The molecule has 1 aliphatic heterocycles. The number of carbonyl (C=O) groups is 3. The topological polar surface area (TPSA) is 99.1 Å². The molecule has 0 bridgehead atoms. The molecule has 1 heterocycles. The Bertz CT molecular complexity index is 1060. The Kier molecular flexibility index (Phi) is 6.09. The van der Waals surface area contributed by atoms with Crippen molar-refractivity contribution in [2.24, 2.45) is 34.5 Å². The normalized spacial score (nSPS) is 46.9. The number of carbonyl (C=O) groups excluding carboxylic acids is 3. The van der Waals surface area contributed by atoms with Gasteiger partial charge in [0.15, 0.2) is 24.3 Å². The van der Waals surface area contributed by atoms with Crippen LogP contribution in [-0.4, -0.2) is 53.3 Å². The highest BCUT2D eigenvalue weighted by molar-refractivity contribution is 6.01. The fourth-order valence-electron chi connectivity index (χ4n) is 9.49. The van der Waals surface area contributed by atoms with Gasteiger partial charge in [0.25, 0.3) is 0 Å². The Morgan fingerprint density at radius 3 is 2.65 bits per heavy atom. The summed E-state index contributed by atoms with van der Waals surface area (Å²) in [4.78, 5) is 37.8. The predicted molar refractivity (Wildman–Crippen MR) is 134 cm³/mol. The molecule has 6 aliphatic rings. The maximum Gasteiger partial charge on any atom is 0.303 e. The molecule has 202 valence electrons. The van der Waals surface area contributed by atoms with Crippen LogP contribution in [0.3, 0.4) is 0 Å². The van der Waals surface area contributed by atoms with Crippen LogP contribution in [0.15, 0.2) is 23.8 Å². The highest BCUT2D eigenvalue weighted by atomic mass is 16.7. The van der Waals surface area contributed by atoms with Gasteiger partial charge in [-0.05, 0) is 62.5 Å². The van der Waals surface area contributed by atoms with Crippen LogP contribution < -0.4 is 0 Å². The number of fused-ring (bicyclic) bond motifs is 7. The zero-order chi connectivity index (χ0) is 26.2. The van der Waals surface area contributed by atoms with Gasteiger partial charge < -0.3 is 19.3 Å². The number of allylic oxidation sites excluding steroid dienone is 4. The maximum absolute atomic E-state index is 14.0. The minimum atomic E-state index is -1.24. The second-order valence-corrected chi connectivity index (χ2v) is 12.9. The van der Waals surface area contributed by atoms with Crippen molar-refractivity contribution in [3.8, 4) is 0 Å². The first-order valence-electron chi connectivity index (χ1n) is 14.2. The molecule has 4 saturated carbocycles. The lowest BCUT2D eigenvalue weighted by Gasteiger charge is -2.59. The monoisotopic (exact) mass is 512 g/mol. The third-order valence-corrected chi connectivity index (χ3v) is 11.1. The van der Waals surface area contributed by atoms with E-state index in [0.717, 1.165) is 44.1 Å². The van der Waals surface area contributed by atoms with Crippen molar-refractivity contribution in [2.75, 3.05) is 6.61 Å². The Hall–Kier alpha value is -1.83. The second kappa shape index (κ2) is 8.85. The molecule has 1 saturated heterocycles. The summed E-state index contributed by atoms with van der Waals surface area (Å²) in [5.74, 6) is -0.224. The average Bonchev–Trinajstić information content (AvgIpc) is 3.36. The highest BCUT2D eigenvalue weighted by Crippen LogP contribution is 2.70. The van der Waals surface area contributed by atoms with Gasteiger partial charge in [-0.2, -0.15) is 0 Å². The largest absolute Gasteiger partial charge is 0.458 e. The summed E-state index contributed by atoms with van der Waals surface area (Å²) in [5.41, 5.74) is -1.16. The first-order chi connectivity index (χ1) is 17.6. The molecule has 1 N–H and O–H groups in total. The molecule has 0 aromatic heterocycles. The van der Waals surface area contributed by atoms with E-state index in [9.17, 15) is 19.5 Å². The van der Waals surface area contributed by atoms with E-state index in [-0.39, 0.29) is 47.3 Å². The van der Waals surface area contributed by atoms with Crippen LogP contribution in [0.4, 0.5) is 0 Å². The van der Waals surface area contributed by atoms with Gasteiger partial charge in [0.2, 0.25) is 5.78 Å². The zero-order valence-electron chi connectivity index (χ0n) is 22.2. The number of esters is 1. The summed E-state index contributed by atoms with van der Waals surface area (Å²) in [6.07, 6.45) is 12.2. The zero-order valence-corrected chi connectivity index (χ0v) is 22.2. The van der Waals surface area contributed by atoms with Crippen LogP contribution >= 0.6 is 0 Å². The van der Waals surface area contributed by atoms with Crippen LogP contribution in [0, 0.1) is 34.5 Å². The number of hydrogen-bond acceptors (Lipinski definition) is 7. The molecule has 9 atom stereocenters. The fourth-order valence-corrected chi connectivity index (χ4v) is 9.49. The Balaban J connectivity index is 1.37. The summed E-state index contributed by atoms with van der Waals surface area (Å²) in [6.45, 7) is 5.22. The second-order valence-electron chi connectivity index (χ2n) is 12.9. The van der Waals surface area contributed by atoms with Gasteiger partial charge in [0.05, 0.1) is 12.2 Å². The maximum atomic E-state index is 14.0. The minimum Gasteiger partial charge on any atom is -0.458 e. The lowest BCUT2D eigenvalue weighted by Crippen LogP contribution is -2.63. The molecular formula is C30H40O7. The smallest absolute Gasteiger partial charge is 0.303 e. The summed E-state index contributed by atoms with van der Waals surface area (Å²) < 4.78 is 18.7. The Morgan fingerprint density at radius 1 is 1.16 bits per heavy atom. The third kappa shape index (κ3) is 3.60. The molecule has 7 nitrogen and oxygen atoms in total. The standard InChI is InChI=1S/C30H40O7/c1-17(31)35-16-24(34)30-25(36-27(37-30)18-7-5-4-6-8-18)14-22-21-10-9-19-13-20(32)11-12-28(19,2)26(21)23(33)15-29(22,30)3/h11-13,18,21-23,25-27,33H,4-10,14-16H2,1-3H3/t21-,22-,23?,25?,26+,27?,28-,29-,30+/m0/s1. The number of aliphatic hydroxyl groups is 1. The molecule has 37 heavy (non-hydrogen) atoms. The first-order valence-corrected chi connectivity index (χ1v) is 14.2. The lowest BCUT2D eigenvalue weighted by atomic mass is 9.46. The number of rotatable bonds is 4. The molecule has 6 rings (SSSR count). The fraction of sp³-hybridized carbons (Fsp3) is 0.767. The lowest BCUT2D eigenvalue weighted by molar-refractivity contribution is -0.210. The van der Waals surface area contributed by atoms with Crippen molar-refractivity contribution in [1.82, 2.24) is 0 Å². The molecule has 0 amide bonds. The van der Waals surface area contributed by atoms with Crippen molar-refractivity contribution >= 4 is 17.5 Å². The van der Waals surface area contributed by atoms with Crippen molar-refractivity contribution < 1.29 is 33.7 Å². The Morgan fingerprint density at radius 2 is 1.92 bits per heavy atom. The quantitative estimate of drug-likeness (QED) is 0.567. The summed E-state index contributed by atoms with van der Waals surface area (Å²) in [5, 5.41) is 11.8. The van der Waals surface area contributed by atoms with Gasteiger partial charge in [-0.15, -0.1) is 0 Å². The predicted octanol–water partition coefficient (Wildman–Crippen LogP) is 4.07. The van der Waals surface area contributed by atoms with Crippen LogP contribution in [-0.2, 0) is 28.6 Å². The summed E-state index contributed by atoms with van der Waals surface area (Å²) >= 11 is 0. The van der Waals surface area contributed by atoms with Gasteiger partial charge in [-0.1, -0.05) is 44.8 Å². The van der Waals surface area contributed by atoms with Crippen molar-refractivity contribution in [1.29, 1.82) is 0 Å². The van der Waals surface area contributed by atoms with E-state index >= 15 is 0 Å². The van der Waals surface area contributed by atoms with E-state index in [1.54, 1.807) is 12.2 Å². The molecule has 3 unspecified atom stereocenters. The van der Waals surface area contributed by atoms with Crippen LogP contribution in [0.5, 0.6) is 0 Å². The van der Waals surface area contributed by atoms with Gasteiger partial charge in [0.1, 0.15) is 0 Å². The number of ketones is 2. The molecule has 0 spiro atoms. The van der Waals surface area contributed by atoms with Crippen molar-refractivity contribution in [3.63, 3.8) is 0 Å². The van der Waals surface area contributed by atoms with Crippen molar-refractivity contribution in [2.45, 2.75) is 103 Å². The highest BCUT2D eigenvalue weighted by Gasteiger charge is 2.76. The van der Waals surface area contributed by atoms with E-state index < -0.39 is 35.5 Å². The molecule has 5 aliphatic carbocycles. The van der Waals surface area contributed by atoms with Crippen LogP contribution in [0.2, 0.25) is 0 Å². The molecule has 0 aromatic rings. The van der Waals surface area contributed by atoms with Gasteiger partial charge in [-0.3, -0.25) is 14.4 Å². The van der Waals surface area contributed by atoms with Crippen LogP contribution in [0.25, 0.3) is 0 Å². The molecule has 0 radical (unpaired) electrons. The average molecular weight is 513 g/mol. The third-order valence-electron chi connectivity index (χ3n) is 11.1. The molecule has 5 fully saturated rings.